The average molecular weight is 208 g/mol. The Morgan fingerprint density at radius 1 is 1.60 bits per heavy atom. The number of aromatic nitrogens is 2. The van der Waals surface area contributed by atoms with Gasteiger partial charge in [-0.1, -0.05) is 0 Å². The Morgan fingerprint density at radius 3 is 3.27 bits per heavy atom. The zero-order valence-corrected chi connectivity index (χ0v) is 8.86. The molecule has 0 bridgehead atoms. The Morgan fingerprint density at radius 2 is 2.53 bits per heavy atom. The van der Waals surface area contributed by atoms with Crippen LogP contribution in [0.25, 0.3) is 0 Å². The Labute approximate surface area is 89.3 Å². The van der Waals surface area contributed by atoms with Crippen molar-refractivity contribution in [1.29, 1.82) is 0 Å². The number of hydrogen-bond acceptors (Lipinski definition) is 5. The molecule has 1 aliphatic heterocycles. The molecule has 1 aromatic heterocycles. The SMILES string of the molecule is CNc1nccc(NCC2CCCO2)n1. The molecule has 1 saturated heterocycles. The van der Waals surface area contributed by atoms with Gasteiger partial charge >= 0.3 is 0 Å². The van der Waals surface area contributed by atoms with Crippen LogP contribution in [0, 0.1) is 0 Å². The molecule has 0 spiro atoms. The highest BCUT2D eigenvalue weighted by Gasteiger charge is 2.14. The molecule has 0 radical (unpaired) electrons. The second-order valence-corrected chi connectivity index (χ2v) is 3.53. The summed E-state index contributed by atoms with van der Waals surface area (Å²) in [7, 11) is 1.80. The molecule has 2 rings (SSSR count). The predicted octanol–water partition coefficient (Wildman–Crippen LogP) is 1.11. The van der Waals surface area contributed by atoms with Crippen LogP contribution in [0.1, 0.15) is 12.8 Å². The maximum Gasteiger partial charge on any atom is 0.224 e. The van der Waals surface area contributed by atoms with Crippen molar-refractivity contribution in [3.8, 4) is 0 Å². The summed E-state index contributed by atoms with van der Waals surface area (Å²) in [6.07, 6.45) is 4.36. The van der Waals surface area contributed by atoms with E-state index in [1.54, 1.807) is 13.2 Å². The van der Waals surface area contributed by atoms with Gasteiger partial charge in [-0.05, 0) is 18.9 Å². The highest BCUT2D eigenvalue weighted by molar-refractivity contribution is 5.39. The van der Waals surface area contributed by atoms with E-state index in [2.05, 4.69) is 20.6 Å². The molecule has 2 heterocycles. The van der Waals surface area contributed by atoms with Gasteiger partial charge in [-0.2, -0.15) is 4.98 Å². The van der Waals surface area contributed by atoms with Gasteiger partial charge in [-0.15, -0.1) is 0 Å². The molecule has 0 amide bonds. The first kappa shape index (κ1) is 10.2. The van der Waals surface area contributed by atoms with Gasteiger partial charge in [0.2, 0.25) is 5.95 Å². The van der Waals surface area contributed by atoms with Crippen LogP contribution in [0.5, 0.6) is 0 Å². The number of hydrogen-bond donors (Lipinski definition) is 2. The van der Waals surface area contributed by atoms with Crippen LogP contribution in [-0.4, -0.2) is 36.3 Å². The normalized spacial score (nSPS) is 20.2. The summed E-state index contributed by atoms with van der Waals surface area (Å²) in [4.78, 5) is 8.31. The Bertz CT molecular complexity index is 312. The third kappa shape index (κ3) is 2.79. The van der Waals surface area contributed by atoms with Gasteiger partial charge in [0.05, 0.1) is 6.10 Å². The van der Waals surface area contributed by atoms with Crippen molar-refractivity contribution in [2.75, 3.05) is 30.8 Å². The van der Waals surface area contributed by atoms with Crippen LogP contribution in [0.4, 0.5) is 11.8 Å². The van der Waals surface area contributed by atoms with Crippen molar-refractivity contribution >= 4 is 11.8 Å². The van der Waals surface area contributed by atoms with Crippen LogP contribution in [0.2, 0.25) is 0 Å². The topological polar surface area (TPSA) is 59.1 Å². The Hall–Kier alpha value is -1.36. The minimum atomic E-state index is 0.331. The molecular formula is C10H16N4O. The quantitative estimate of drug-likeness (QED) is 0.776. The van der Waals surface area contributed by atoms with Crippen LogP contribution in [0.15, 0.2) is 12.3 Å². The van der Waals surface area contributed by atoms with Crippen molar-refractivity contribution in [2.24, 2.45) is 0 Å². The van der Waals surface area contributed by atoms with E-state index in [9.17, 15) is 0 Å². The highest BCUT2D eigenvalue weighted by atomic mass is 16.5. The van der Waals surface area contributed by atoms with Gasteiger partial charge in [-0.25, -0.2) is 4.98 Å². The van der Waals surface area contributed by atoms with Crippen molar-refractivity contribution in [3.63, 3.8) is 0 Å². The van der Waals surface area contributed by atoms with Crippen molar-refractivity contribution < 1.29 is 4.74 Å². The molecule has 1 aromatic rings. The first-order chi connectivity index (χ1) is 7.38. The summed E-state index contributed by atoms with van der Waals surface area (Å²) in [6, 6.07) is 1.86. The van der Waals surface area contributed by atoms with Gasteiger partial charge in [0.1, 0.15) is 5.82 Å². The van der Waals surface area contributed by atoms with E-state index >= 15 is 0 Å². The van der Waals surface area contributed by atoms with Gasteiger partial charge < -0.3 is 15.4 Å². The minimum Gasteiger partial charge on any atom is -0.376 e. The Kier molecular flexibility index (Phi) is 3.34. The second-order valence-electron chi connectivity index (χ2n) is 3.53. The van der Waals surface area contributed by atoms with Crippen LogP contribution >= 0.6 is 0 Å². The zero-order chi connectivity index (χ0) is 10.5. The smallest absolute Gasteiger partial charge is 0.224 e. The minimum absolute atomic E-state index is 0.331. The van der Waals surface area contributed by atoms with Gasteiger partial charge in [0.25, 0.3) is 0 Å². The third-order valence-corrected chi connectivity index (χ3v) is 2.41. The predicted molar refractivity (Wildman–Crippen MR) is 59.0 cm³/mol. The lowest BCUT2D eigenvalue weighted by Crippen LogP contribution is -2.19. The summed E-state index contributed by atoms with van der Waals surface area (Å²) in [5, 5.41) is 6.15. The molecule has 1 atom stereocenters. The molecule has 82 valence electrons. The summed E-state index contributed by atoms with van der Waals surface area (Å²) < 4.78 is 5.51. The number of ether oxygens (including phenoxy) is 1. The van der Waals surface area contributed by atoms with E-state index in [1.807, 2.05) is 6.07 Å². The monoisotopic (exact) mass is 208 g/mol. The maximum atomic E-state index is 5.51. The van der Waals surface area contributed by atoms with Crippen LogP contribution in [-0.2, 0) is 4.74 Å². The zero-order valence-electron chi connectivity index (χ0n) is 8.86. The van der Waals surface area contributed by atoms with Crippen LogP contribution < -0.4 is 10.6 Å². The number of nitrogens with one attached hydrogen (secondary N) is 2. The first-order valence-electron chi connectivity index (χ1n) is 5.25. The summed E-state index contributed by atoms with van der Waals surface area (Å²) in [5.74, 6) is 1.47. The van der Waals surface area contributed by atoms with E-state index in [4.69, 9.17) is 4.74 Å². The fraction of sp³-hybridized carbons (Fsp3) is 0.600. The highest BCUT2D eigenvalue weighted by Crippen LogP contribution is 2.13. The average Bonchev–Trinajstić information content (AvgIpc) is 2.79. The van der Waals surface area contributed by atoms with Gasteiger partial charge in [0.15, 0.2) is 0 Å². The lowest BCUT2D eigenvalue weighted by molar-refractivity contribution is 0.120. The molecule has 0 aliphatic carbocycles. The molecule has 1 fully saturated rings. The largest absolute Gasteiger partial charge is 0.376 e. The lowest BCUT2D eigenvalue weighted by Gasteiger charge is -2.11. The maximum absolute atomic E-state index is 5.51. The molecule has 5 heteroatoms. The molecule has 0 aromatic carbocycles. The molecule has 1 unspecified atom stereocenters. The standard InChI is InChI=1S/C10H16N4O/c1-11-10-12-5-4-9(14-10)13-7-8-3-2-6-15-8/h4-5,8H,2-3,6-7H2,1H3,(H2,11,12,13,14). The fourth-order valence-electron chi connectivity index (χ4n) is 1.60. The molecule has 5 nitrogen and oxygen atoms in total. The Balaban J connectivity index is 1.86. The molecular weight excluding hydrogens is 192 g/mol. The van der Waals surface area contributed by atoms with E-state index < -0.39 is 0 Å². The number of rotatable bonds is 4. The van der Waals surface area contributed by atoms with E-state index in [0.717, 1.165) is 31.8 Å². The van der Waals surface area contributed by atoms with E-state index in [1.165, 1.54) is 0 Å². The van der Waals surface area contributed by atoms with Gasteiger partial charge in [-0.3, -0.25) is 0 Å². The number of anilines is 2. The van der Waals surface area contributed by atoms with E-state index in [0.29, 0.717) is 12.1 Å². The summed E-state index contributed by atoms with van der Waals surface area (Å²) >= 11 is 0. The lowest BCUT2D eigenvalue weighted by atomic mass is 10.2. The molecule has 15 heavy (non-hydrogen) atoms. The summed E-state index contributed by atoms with van der Waals surface area (Å²) in [6.45, 7) is 1.71. The van der Waals surface area contributed by atoms with Crippen molar-refractivity contribution in [1.82, 2.24) is 9.97 Å². The summed E-state index contributed by atoms with van der Waals surface area (Å²) in [5.41, 5.74) is 0. The van der Waals surface area contributed by atoms with Crippen molar-refractivity contribution in [3.05, 3.63) is 12.3 Å². The molecule has 1 aliphatic rings. The van der Waals surface area contributed by atoms with Crippen LogP contribution in [0.3, 0.4) is 0 Å². The van der Waals surface area contributed by atoms with E-state index in [-0.39, 0.29) is 0 Å². The van der Waals surface area contributed by atoms with Crippen molar-refractivity contribution in [2.45, 2.75) is 18.9 Å². The van der Waals surface area contributed by atoms with Gasteiger partial charge in [0, 0.05) is 26.4 Å². The molecule has 2 N–H and O–H groups in total. The third-order valence-electron chi connectivity index (χ3n) is 2.41. The fourth-order valence-corrected chi connectivity index (χ4v) is 1.60. The molecule has 0 saturated carbocycles. The first-order valence-corrected chi connectivity index (χ1v) is 5.25. The second kappa shape index (κ2) is 4.93. The number of nitrogens with zero attached hydrogens (tertiary/aromatic N) is 2.